The highest BCUT2D eigenvalue weighted by molar-refractivity contribution is 5.45. The molecule has 0 unspecified atom stereocenters. The Balaban J connectivity index is 2.10. The van der Waals surface area contributed by atoms with Crippen molar-refractivity contribution >= 4 is 0 Å². The summed E-state index contributed by atoms with van der Waals surface area (Å²) in [5.74, 6) is 3.12. The molecule has 0 atom stereocenters. The summed E-state index contributed by atoms with van der Waals surface area (Å²) in [6.45, 7) is 5.18. The van der Waals surface area contributed by atoms with Gasteiger partial charge in [0.15, 0.2) is 23.0 Å². The highest BCUT2D eigenvalue weighted by Crippen LogP contribution is 2.30. The maximum Gasteiger partial charge on any atom is 0.161 e. The summed E-state index contributed by atoms with van der Waals surface area (Å²) in [7, 11) is 3.31. The molecule has 0 saturated carbocycles. The Labute approximate surface area is 144 Å². The number of benzene rings is 2. The third-order valence-electron chi connectivity index (χ3n) is 3.76. The number of ether oxygens (including phenoxy) is 4. The summed E-state index contributed by atoms with van der Waals surface area (Å²) in [6.07, 6.45) is 1.84. The van der Waals surface area contributed by atoms with Crippen LogP contribution in [0.5, 0.6) is 23.0 Å². The summed E-state index contributed by atoms with van der Waals surface area (Å²) < 4.78 is 21.9. The van der Waals surface area contributed by atoms with E-state index in [0.717, 1.165) is 35.8 Å². The van der Waals surface area contributed by atoms with Crippen LogP contribution in [0.3, 0.4) is 0 Å². The van der Waals surface area contributed by atoms with Gasteiger partial charge in [-0.05, 0) is 62.1 Å². The first-order chi connectivity index (χ1) is 11.7. The quantitative estimate of drug-likeness (QED) is 0.687. The molecule has 0 amide bonds. The van der Waals surface area contributed by atoms with Gasteiger partial charge in [0.1, 0.15) is 0 Å². The van der Waals surface area contributed by atoms with E-state index in [1.165, 1.54) is 11.1 Å². The maximum absolute atomic E-state index is 5.64. The zero-order valence-corrected chi connectivity index (χ0v) is 14.9. The molecule has 0 aromatic heterocycles. The molecular formula is C20H26O4. The Hall–Kier alpha value is -2.36. The second-order valence-corrected chi connectivity index (χ2v) is 5.34. The van der Waals surface area contributed by atoms with Gasteiger partial charge in [0.05, 0.1) is 27.4 Å². The van der Waals surface area contributed by atoms with Crippen LogP contribution in [0.25, 0.3) is 0 Å². The minimum absolute atomic E-state index is 0.621. The highest BCUT2D eigenvalue weighted by Gasteiger charge is 2.08. The second-order valence-electron chi connectivity index (χ2n) is 5.34. The monoisotopic (exact) mass is 330 g/mol. The second kappa shape index (κ2) is 9.06. The average molecular weight is 330 g/mol. The predicted octanol–water partition coefficient (Wildman–Crippen LogP) is 4.29. The van der Waals surface area contributed by atoms with Crippen LogP contribution < -0.4 is 18.9 Å². The summed E-state index contributed by atoms with van der Waals surface area (Å²) >= 11 is 0. The van der Waals surface area contributed by atoms with Gasteiger partial charge in [0.2, 0.25) is 0 Å². The number of rotatable bonds is 9. The Morgan fingerprint density at radius 3 is 1.38 bits per heavy atom. The minimum atomic E-state index is 0.621. The fraction of sp³-hybridized carbons (Fsp3) is 0.400. The van der Waals surface area contributed by atoms with Crippen molar-refractivity contribution in [3.63, 3.8) is 0 Å². The summed E-state index contributed by atoms with van der Waals surface area (Å²) in [6, 6.07) is 12.2. The van der Waals surface area contributed by atoms with E-state index in [1.54, 1.807) is 14.2 Å². The van der Waals surface area contributed by atoms with E-state index >= 15 is 0 Å². The van der Waals surface area contributed by atoms with Crippen molar-refractivity contribution < 1.29 is 18.9 Å². The average Bonchev–Trinajstić information content (AvgIpc) is 2.61. The number of aryl methyl sites for hydroxylation is 2. The fourth-order valence-corrected chi connectivity index (χ4v) is 2.58. The van der Waals surface area contributed by atoms with E-state index < -0.39 is 0 Å². The van der Waals surface area contributed by atoms with Crippen LogP contribution >= 0.6 is 0 Å². The molecule has 2 aromatic rings. The van der Waals surface area contributed by atoms with Crippen LogP contribution in [0.2, 0.25) is 0 Å². The van der Waals surface area contributed by atoms with Crippen LogP contribution in [-0.4, -0.2) is 27.4 Å². The van der Waals surface area contributed by atoms with Gasteiger partial charge in [0.25, 0.3) is 0 Å². The molecule has 0 aliphatic rings. The zero-order valence-electron chi connectivity index (χ0n) is 14.9. The number of hydrogen-bond donors (Lipinski definition) is 0. The molecule has 4 nitrogen and oxygen atoms in total. The van der Waals surface area contributed by atoms with E-state index in [1.807, 2.05) is 26.0 Å². The van der Waals surface area contributed by atoms with Crippen LogP contribution in [0.4, 0.5) is 0 Å². The summed E-state index contributed by atoms with van der Waals surface area (Å²) in [5.41, 5.74) is 2.43. The van der Waals surface area contributed by atoms with E-state index in [4.69, 9.17) is 18.9 Å². The van der Waals surface area contributed by atoms with Gasteiger partial charge in [0, 0.05) is 0 Å². The fourth-order valence-electron chi connectivity index (χ4n) is 2.58. The molecule has 0 radical (unpaired) electrons. The molecule has 0 spiro atoms. The molecule has 4 heteroatoms. The molecule has 2 rings (SSSR count). The molecule has 0 bridgehead atoms. The van der Waals surface area contributed by atoms with Crippen LogP contribution in [0, 0.1) is 0 Å². The van der Waals surface area contributed by atoms with Crippen molar-refractivity contribution in [3.05, 3.63) is 47.5 Å². The lowest BCUT2D eigenvalue weighted by Crippen LogP contribution is -1.99. The largest absolute Gasteiger partial charge is 0.493 e. The van der Waals surface area contributed by atoms with Crippen molar-refractivity contribution in [2.24, 2.45) is 0 Å². The van der Waals surface area contributed by atoms with Gasteiger partial charge in [-0.1, -0.05) is 12.1 Å². The molecule has 0 aliphatic heterocycles. The van der Waals surface area contributed by atoms with E-state index in [-0.39, 0.29) is 0 Å². The Kier molecular flexibility index (Phi) is 6.79. The van der Waals surface area contributed by atoms with Crippen molar-refractivity contribution in [2.45, 2.75) is 26.7 Å². The van der Waals surface area contributed by atoms with Crippen molar-refractivity contribution in [1.29, 1.82) is 0 Å². The van der Waals surface area contributed by atoms with Crippen molar-refractivity contribution in [1.82, 2.24) is 0 Å². The number of methoxy groups -OCH3 is 2. The molecule has 24 heavy (non-hydrogen) atoms. The van der Waals surface area contributed by atoms with Crippen molar-refractivity contribution in [2.75, 3.05) is 27.4 Å². The van der Waals surface area contributed by atoms with E-state index in [9.17, 15) is 0 Å². The summed E-state index contributed by atoms with van der Waals surface area (Å²) in [5, 5.41) is 0. The van der Waals surface area contributed by atoms with Gasteiger partial charge >= 0.3 is 0 Å². The van der Waals surface area contributed by atoms with Crippen molar-refractivity contribution in [3.8, 4) is 23.0 Å². The van der Waals surface area contributed by atoms with Gasteiger partial charge in [-0.15, -0.1) is 0 Å². The van der Waals surface area contributed by atoms with Crippen LogP contribution in [0.1, 0.15) is 25.0 Å². The smallest absolute Gasteiger partial charge is 0.161 e. The maximum atomic E-state index is 5.64. The Morgan fingerprint density at radius 1 is 0.625 bits per heavy atom. The lowest BCUT2D eigenvalue weighted by Gasteiger charge is -2.12. The topological polar surface area (TPSA) is 36.9 Å². The lowest BCUT2D eigenvalue weighted by atomic mass is 10.0. The standard InChI is InChI=1S/C20H26O4/c1-5-23-19-13-15(9-11-17(19)21-3)7-8-16-10-12-18(22-4)20(14-16)24-6-2/h9-14H,5-8H2,1-4H3. The van der Waals surface area contributed by atoms with Crippen LogP contribution in [0.15, 0.2) is 36.4 Å². The molecule has 0 N–H and O–H groups in total. The molecule has 0 heterocycles. The first-order valence-corrected chi connectivity index (χ1v) is 8.31. The molecule has 2 aromatic carbocycles. The lowest BCUT2D eigenvalue weighted by molar-refractivity contribution is 0.310. The third kappa shape index (κ3) is 4.57. The first-order valence-electron chi connectivity index (χ1n) is 8.31. The van der Waals surface area contributed by atoms with Gasteiger partial charge in [-0.2, -0.15) is 0 Å². The normalized spacial score (nSPS) is 10.3. The zero-order chi connectivity index (χ0) is 17.4. The third-order valence-corrected chi connectivity index (χ3v) is 3.76. The minimum Gasteiger partial charge on any atom is -0.493 e. The SMILES string of the molecule is CCOc1cc(CCc2ccc(OC)c(OCC)c2)ccc1OC. The van der Waals surface area contributed by atoms with Gasteiger partial charge in [-0.25, -0.2) is 0 Å². The highest BCUT2D eigenvalue weighted by atomic mass is 16.5. The van der Waals surface area contributed by atoms with Gasteiger partial charge in [-0.3, -0.25) is 0 Å². The predicted molar refractivity (Wildman–Crippen MR) is 95.7 cm³/mol. The molecular weight excluding hydrogens is 304 g/mol. The molecule has 0 saturated heterocycles. The number of hydrogen-bond acceptors (Lipinski definition) is 4. The first kappa shape index (κ1) is 18.0. The molecule has 0 aliphatic carbocycles. The molecule has 130 valence electrons. The van der Waals surface area contributed by atoms with E-state index in [0.29, 0.717) is 13.2 Å². The Bertz CT molecular complexity index is 595. The molecule has 0 fully saturated rings. The van der Waals surface area contributed by atoms with E-state index in [2.05, 4.69) is 24.3 Å². The van der Waals surface area contributed by atoms with Crippen LogP contribution in [-0.2, 0) is 12.8 Å². The van der Waals surface area contributed by atoms with Gasteiger partial charge < -0.3 is 18.9 Å². The Morgan fingerprint density at radius 2 is 1.04 bits per heavy atom. The summed E-state index contributed by atoms with van der Waals surface area (Å²) in [4.78, 5) is 0.